The van der Waals surface area contributed by atoms with Crippen molar-refractivity contribution in [3.63, 3.8) is 0 Å². The molecule has 1 saturated heterocycles. The van der Waals surface area contributed by atoms with E-state index in [2.05, 4.69) is 4.74 Å². The Balaban J connectivity index is 1.90. The van der Waals surface area contributed by atoms with Crippen LogP contribution in [-0.4, -0.2) is 48.2 Å². The fourth-order valence-corrected chi connectivity index (χ4v) is 6.85. The van der Waals surface area contributed by atoms with Gasteiger partial charge in [-0.25, -0.2) is 8.42 Å². The van der Waals surface area contributed by atoms with Gasteiger partial charge in [0.2, 0.25) is 0 Å². The number of methoxy groups -OCH3 is 1. The first-order chi connectivity index (χ1) is 8.36. The second-order valence-corrected chi connectivity index (χ2v) is 9.25. The van der Waals surface area contributed by atoms with Crippen LogP contribution in [0.5, 0.6) is 0 Å². The molecule has 1 aliphatic heterocycles. The van der Waals surface area contributed by atoms with E-state index >= 15 is 0 Å². The van der Waals surface area contributed by atoms with Crippen LogP contribution in [0, 0.1) is 5.41 Å². The number of hydrogen-bond acceptors (Lipinski definition) is 5. The molecule has 2 fully saturated rings. The van der Waals surface area contributed by atoms with Crippen LogP contribution in [-0.2, 0) is 30.2 Å². The van der Waals surface area contributed by atoms with Crippen molar-refractivity contribution in [3.8, 4) is 0 Å². The van der Waals surface area contributed by atoms with E-state index in [4.69, 9.17) is 0 Å². The third kappa shape index (κ3) is 3.32. The van der Waals surface area contributed by atoms with Crippen LogP contribution in [0.4, 0.5) is 0 Å². The number of rotatable bonds is 5. The first kappa shape index (κ1) is 14.0. The Morgan fingerprint density at radius 2 is 2.11 bits per heavy atom. The Morgan fingerprint density at radius 3 is 2.56 bits per heavy atom. The maximum atomic E-state index is 12.2. The third-order valence-electron chi connectivity index (χ3n) is 3.72. The first-order valence-corrected chi connectivity index (χ1v) is 9.21. The van der Waals surface area contributed by atoms with E-state index in [1.165, 1.54) is 7.11 Å². The van der Waals surface area contributed by atoms with Gasteiger partial charge in [-0.1, -0.05) is 0 Å². The maximum absolute atomic E-state index is 12.2. The molecule has 0 spiro atoms. The number of carbonyl (C=O) groups excluding carboxylic acids is 1. The van der Waals surface area contributed by atoms with Crippen molar-refractivity contribution in [2.75, 3.05) is 24.4 Å². The van der Waals surface area contributed by atoms with E-state index < -0.39 is 20.6 Å². The average molecular weight is 294 g/mol. The molecule has 18 heavy (non-hydrogen) atoms. The van der Waals surface area contributed by atoms with Crippen molar-refractivity contribution in [1.29, 1.82) is 0 Å². The van der Waals surface area contributed by atoms with Crippen LogP contribution >= 0.6 is 0 Å². The molecule has 2 atom stereocenters. The summed E-state index contributed by atoms with van der Waals surface area (Å²) in [5.41, 5.74) is -0.190. The van der Waals surface area contributed by atoms with Gasteiger partial charge >= 0.3 is 5.97 Å². The summed E-state index contributed by atoms with van der Waals surface area (Å²) in [5.74, 6) is 0.340. The third-order valence-corrected chi connectivity index (χ3v) is 7.74. The Kier molecular flexibility index (Phi) is 3.82. The summed E-state index contributed by atoms with van der Waals surface area (Å²) < 4.78 is 39.5. The van der Waals surface area contributed by atoms with Crippen LogP contribution in [0.25, 0.3) is 0 Å². The number of sulfone groups is 1. The van der Waals surface area contributed by atoms with Crippen LogP contribution < -0.4 is 0 Å². The van der Waals surface area contributed by atoms with E-state index in [9.17, 15) is 17.4 Å². The monoisotopic (exact) mass is 294 g/mol. The molecule has 0 aromatic carbocycles. The van der Waals surface area contributed by atoms with Gasteiger partial charge in [-0.2, -0.15) is 0 Å². The SMILES string of the molecule is COC(=O)CC1(CS(=O)C2CCS(=O)(=O)C2)CC1. The fourth-order valence-electron chi connectivity index (χ4n) is 2.32. The zero-order valence-electron chi connectivity index (χ0n) is 10.4. The van der Waals surface area contributed by atoms with Crippen LogP contribution in [0.15, 0.2) is 0 Å². The van der Waals surface area contributed by atoms with Gasteiger partial charge < -0.3 is 4.74 Å². The molecule has 2 unspecified atom stereocenters. The summed E-state index contributed by atoms with van der Waals surface area (Å²) in [4.78, 5) is 11.3. The van der Waals surface area contributed by atoms with Crippen molar-refractivity contribution in [3.05, 3.63) is 0 Å². The summed E-state index contributed by atoms with van der Waals surface area (Å²) in [6.07, 6.45) is 2.55. The summed E-state index contributed by atoms with van der Waals surface area (Å²) in [6, 6.07) is 0. The number of esters is 1. The Morgan fingerprint density at radius 1 is 1.44 bits per heavy atom. The fraction of sp³-hybridized carbons (Fsp3) is 0.909. The molecule has 2 aliphatic rings. The lowest BCUT2D eigenvalue weighted by Crippen LogP contribution is -2.25. The molecule has 1 aliphatic carbocycles. The summed E-state index contributed by atoms with van der Waals surface area (Å²) in [7, 11) is -2.80. The summed E-state index contributed by atoms with van der Waals surface area (Å²) in [5, 5.41) is -0.245. The van der Waals surface area contributed by atoms with Crippen molar-refractivity contribution < 1.29 is 22.2 Å². The second-order valence-electron chi connectivity index (χ2n) is 5.30. The smallest absolute Gasteiger partial charge is 0.306 e. The quantitative estimate of drug-likeness (QED) is 0.680. The van der Waals surface area contributed by atoms with E-state index in [1.54, 1.807) is 0 Å². The normalized spacial score (nSPS) is 29.7. The lowest BCUT2D eigenvalue weighted by Gasteiger charge is -2.15. The van der Waals surface area contributed by atoms with Crippen molar-refractivity contribution in [2.24, 2.45) is 5.41 Å². The van der Waals surface area contributed by atoms with Crippen LogP contribution in [0.2, 0.25) is 0 Å². The highest BCUT2D eigenvalue weighted by molar-refractivity contribution is 7.94. The highest BCUT2D eigenvalue weighted by atomic mass is 32.2. The molecule has 0 amide bonds. The zero-order valence-corrected chi connectivity index (χ0v) is 12.0. The van der Waals surface area contributed by atoms with Crippen LogP contribution in [0.1, 0.15) is 25.7 Å². The van der Waals surface area contributed by atoms with E-state index in [0.29, 0.717) is 18.6 Å². The number of carbonyl (C=O) groups is 1. The highest BCUT2D eigenvalue weighted by Gasteiger charge is 2.47. The predicted octanol–water partition coefficient (Wildman–Crippen LogP) is 0.265. The van der Waals surface area contributed by atoms with Gasteiger partial charge in [0.05, 0.1) is 25.0 Å². The van der Waals surface area contributed by atoms with Gasteiger partial charge in [0.25, 0.3) is 0 Å². The molecule has 1 saturated carbocycles. The number of ether oxygens (including phenoxy) is 1. The number of hydrogen-bond donors (Lipinski definition) is 0. The van der Waals surface area contributed by atoms with E-state index in [1.807, 2.05) is 0 Å². The molecule has 1 heterocycles. The summed E-state index contributed by atoms with van der Waals surface area (Å²) >= 11 is 0. The average Bonchev–Trinajstić information content (AvgIpc) is 2.93. The molecule has 0 aromatic heterocycles. The minimum Gasteiger partial charge on any atom is -0.469 e. The minimum atomic E-state index is -2.99. The van der Waals surface area contributed by atoms with E-state index in [-0.39, 0.29) is 28.1 Å². The molecule has 0 aromatic rings. The van der Waals surface area contributed by atoms with Gasteiger partial charge in [0.1, 0.15) is 0 Å². The molecule has 2 rings (SSSR count). The van der Waals surface area contributed by atoms with Crippen molar-refractivity contribution in [1.82, 2.24) is 0 Å². The Hall–Kier alpha value is -0.430. The van der Waals surface area contributed by atoms with Gasteiger partial charge in [-0.3, -0.25) is 9.00 Å². The van der Waals surface area contributed by atoms with Gasteiger partial charge in [-0.05, 0) is 24.7 Å². The van der Waals surface area contributed by atoms with E-state index in [0.717, 1.165) is 12.8 Å². The topological polar surface area (TPSA) is 77.5 Å². The standard InChI is InChI=1S/C11H18O5S2/c1-16-10(12)6-11(3-4-11)8-17(13)9-2-5-18(14,15)7-9/h9H,2-8H2,1H3. The first-order valence-electron chi connectivity index (χ1n) is 6.00. The molecule has 0 bridgehead atoms. The lowest BCUT2D eigenvalue weighted by atomic mass is 10.1. The van der Waals surface area contributed by atoms with Crippen molar-refractivity contribution in [2.45, 2.75) is 30.9 Å². The van der Waals surface area contributed by atoms with Gasteiger partial charge in [0, 0.05) is 21.8 Å². The molecule has 0 N–H and O–H groups in total. The molecule has 0 radical (unpaired) electrons. The Labute approximate surface area is 110 Å². The maximum Gasteiger partial charge on any atom is 0.306 e. The second kappa shape index (κ2) is 4.92. The minimum absolute atomic E-state index is 0.0356. The molecule has 104 valence electrons. The van der Waals surface area contributed by atoms with Gasteiger partial charge in [0.15, 0.2) is 9.84 Å². The largest absolute Gasteiger partial charge is 0.469 e. The molecule has 5 nitrogen and oxygen atoms in total. The lowest BCUT2D eigenvalue weighted by molar-refractivity contribution is -0.141. The molecule has 7 heteroatoms. The van der Waals surface area contributed by atoms with Gasteiger partial charge in [-0.15, -0.1) is 0 Å². The van der Waals surface area contributed by atoms with Crippen LogP contribution in [0.3, 0.4) is 0 Å². The zero-order chi connectivity index (χ0) is 13.4. The highest BCUT2D eigenvalue weighted by Crippen LogP contribution is 2.50. The van der Waals surface area contributed by atoms with Crippen molar-refractivity contribution >= 4 is 26.6 Å². The Bertz CT molecular complexity index is 464. The summed E-state index contributed by atoms with van der Waals surface area (Å²) in [6.45, 7) is 0. The molecular formula is C11H18O5S2. The molecular weight excluding hydrogens is 276 g/mol. The predicted molar refractivity (Wildman–Crippen MR) is 68.4 cm³/mol.